The molecule has 116 valence electrons. The lowest BCUT2D eigenvalue weighted by Crippen LogP contribution is -2.36. The summed E-state index contributed by atoms with van der Waals surface area (Å²) < 4.78 is 0. The fraction of sp³-hybridized carbons (Fsp3) is 0.400. The molecule has 0 saturated carbocycles. The lowest BCUT2D eigenvalue weighted by molar-refractivity contribution is 0.0641. The normalized spacial score (nSPS) is 19.0. The molecule has 1 aliphatic heterocycles. The van der Waals surface area contributed by atoms with E-state index in [1.54, 1.807) is 0 Å². The average Bonchev–Trinajstić information content (AvgIpc) is 2.62. The molecule has 22 heavy (non-hydrogen) atoms. The van der Waals surface area contributed by atoms with Gasteiger partial charge in [-0.2, -0.15) is 0 Å². The third kappa shape index (κ3) is 3.40. The average molecular weight is 295 g/mol. The lowest BCUT2D eigenvalue weighted by atomic mass is 9.81. The van der Waals surface area contributed by atoms with Gasteiger partial charge in [0.2, 0.25) is 0 Å². The van der Waals surface area contributed by atoms with Crippen molar-refractivity contribution in [3.63, 3.8) is 0 Å². The van der Waals surface area contributed by atoms with Gasteiger partial charge in [0.1, 0.15) is 5.60 Å². The molecule has 0 aliphatic carbocycles. The van der Waals surface area contributed by atoms with Crippen molar-refractivity contribution in [3.8, 4) is 0 Å². The van der Waals surface area contributed by atoms with Gasteiger partial charge in [0, 0.05) is 6.04 Å². The number of nitrogens with one attached hydrogen (secondary N) is 1. The molecule has 0 aromatic heterocycles. The van der Waals surface area contributed by atoms with Crippen LogP contribution in [0.4, 0.5) is 0 Å². The Labute approximate surface area is 133 Å². The van der Waals surface area contributed by atoms with Crippen molar-refractivity contribution < 1.29 is 5.11 Å². The van der Waals surface area contributed by atoms with E-state index in [1.165, 1.54) is 19.3 Å². The van der Waals surface area contributed by atoms with Crippen molar-refractivity contribution in [1.82, 2.24) is 5.32 Å². The van der Waals surface area contributed by atoms with E-state index in [0.29, 0.717) is 6.04 Å². The highest BCUT2D eigenvalue weighted by Gasteiger charge is 2.32. The number of benzene rings is 2. The molecule has 0 bridgehead atoms. The zero-order chi connectivity index (χ0) is 15.3. The van der Waals surface area contributed by atoms with Gasteiger partial charge < -0.3 is 10.4 Å². The molecule has 2 nitrogen and oxygen atoms in total. The predicted molar refractivity (Wildman–Crippen MR) is 90.8 cm³/mol. The molecule has 2 N–H and O–H groups in total. The maximum Gasteiger partial charge on any atom is 0.115 e. The second kappa shape index (κ2) is 7.08. The van der Waals surface area contributed by atoms with Crippen LogP contribution in [0.1, 0.15) is 43.2 Å². The minimum Gasteiger partial charge on any atom is -0.380 e. The second-order valence-electron chi connectivity index (χ2n) is 6.28. The summed E-state index contributed by atoms with van der Waals surface area (Å²) in [6.07, 6.45) is 5.55. The summed E-state index contributed by atoms with van der Waals surface area (Å²) in [7, 11) is 0. The highest BCUT2D eigenvalue weighted by molar-refractivity contribution is 5.35. The first kappa shape index (κ1) is 15.3. The molecule has 1 unspecified atom stereocenters. The highest BCUT2D eigenvalue weighted by Crippen LogP contribution is 2.35. The maximum atomic E-state index is 11.5. The van der Waals surface area contributed by atoms with Crippen LogP contribution in [0.15, 0.2) is 60.7 Å². The van der Waals surface area contributed by atoms with Crippen LogP contribution in [0, 0.1) is 0 Å². The molecule has 0 amide bonds. The summed E-state index contributed by atoms with van der Waals surface area (Å²) in [5, 5.41) is 15.0. The first-order valence-corrected chi connectivity index (χ1v) is 8.36. The van der Waals surface area contributed by atoms with Gasteiger partial charge in [-0.05, 0) is 43.4 Å². The van der Waals surface area contributed by atoms with Crippen LogP contribution >= 0.6 is 0 Å². The first-order chi connectivity index (χ1) is 10.8. The summed E-state index contributed by atoms with van der Waals surface area (Å²) in [5.74, 6) is 0. The number of piperidine rings is 1. The Hall–Kier alpha value is -1.64. The summed E-state index contributed by atoms with van der Waals surface area (Å²) >= 11 is 0. The summed E-state index contributed by atoms with van der Waals surface area (Å²) in [5.41, 5.74) is 1.07. The summed E-state index contributed by atoms with van der Waals surface area (Å²) in [6, 6.07) is 20.7. The number of rotatable bonds is 5. The molecule has 2 heteroatoms. The third-order valence-electron chi connectivity index (χ3n) is 4.77. The molecule has 3 rings (SSSR count). The molecule has 1 saturated heterocycles. The number of aliphatic hydroxyl groups is 1. The van der Waals surface area contributed by atoms with Gasteiger partial charge >= 0.3 is 0 Å². The van der Waals surface area contributed by atoms with Crippen molar-refractivity contribution in [1.29, 1.82) is 0 Å². The van der Waals surface area contributed by atoms with Gasteiger partial charge in [0.15, 0.2) is 0 Å². The first-order valence-electron chi connectivity index (χ1n) is 8.36. The Morgan fingerprint density at radius 1 is 0.909 bits per heavy atom. The van der Waals surface area contributed by atoms with Crippen molar-refractivity contribution in [2.75, 3.05) is 6.54 Å². The van der Waals surface area contributed by atoms with Gasteiger partial charge in [0.05, 0.1) is 0 Å². The Bertz CT molecular complexity index is 521. The van der Waals surface area contributed by atoms with Gasteiger partial charge in [0.25, 0.3) is 0 Å². The Morgan fingerprint density at radius 3 is 2.00 bits per heavy atom. The Morgan fingerprint density at radius 2 is 1.50 bits per heavy atom. The van der Waals surface area contributed by atoms with Crippen LogP contribution < -0.4 is 5.32 Å². The highest BCUT2D eigenvalue weighted by atomic mass is 16.3. The van der Waals surface area contributed by atoms with E-state index < -0.39 is 5.60 Å². The number of hydrogen-bond donors (Lipinski definition) is 2. The molecule has 0 radical (unpaired) electrons. The van der Waals surface area contributed by atoms with E-state index in [2.05, 4.69) is 5.32 Å². The van der Waals surface area contributed by atoms with Gasteiger partial charge in [-0.3, -0.25) is 0 Å². The molecule has 1 fully saturated rings. The standard InChI is InChI=1S/C20H25NO/c22-20(17-9-3-1-4-10-17,18-11-5-2-6-12-18)15-14-19-13-7-8-16-21-19/h1-6,9-12,19,21-22H,7-8,13-16H2. The minimum absolute atomic E-state index is 0.535. The molecule has 2 aromatic carbocycles. The monoisotopic (exact) mass is 295 g/mol. The SMILES string of the molecule is OC(CCC1CCCCN1)(c1ccccc1)c1ccccc1. The molecule has 1 aliphatic rings. The third-order valence-corrected chi connectivity index (χ3v) is 4.77. The zero-order valence-electron chi connectivity index (χ0n) is 13.0. The van der Waals surface area contributed by atoms with Crippen molar-refractivity contribution in [2.24, 2.45) is 0 Å². The topological polar surface area (TPSA) is 32.3 Å². The lowest BCUT2D eigenvalue weighted by Gasteiger charge is -2.32. The molecular weight excluding hydrogens is 270 g/mol. The Kier molecular flexibility index (Phi) is 4.91. The maximum absolute atomic E-state index is 11.5. The predicted octanol–water partition coefficient (Wildman–Crippen LogP) is 3.84. The molecule has 1 atom stereocenters. The summed E-state index contributed by atoms with van der Waals surface area (Å²) in [6.45, 7) is 1.11. The van der Waals surface area contributed by atoms with Crippen LogP contribution in [0.2, 0.25) is 0 Å². The van der Waals surface area contributed by atoms with Crippen LogP contribution in [-0.4, -0.2) is 17.7 Å². The molecule has 1 heterocycles. The van der Waals surface area contributed by atoms with Crippen molar-refractivity contribution >= 4 is 0 Å². The zero-order valence-corrected chi connectivity index (χ0v) is 13.0. The Balaban J connectivity index is 1.83. The molecular formula is C20H25NO. The van der Waals surface area contributed by atoms with E-state index >= 15 is 0 Å². The second-order valence-corrected chi connectivity index (χ2v) is 6.28. The quantitative estimate of drug-likeness (QED) is 0.878. The largest absolute Gasteiger partial charge is 0.380 e. The van der Waals surface area contributed by atoms with Crippen LogP contribution in [0.3, 0.4) is 0 Å². The van der Waals surface area contributed by atoms with Gasteiger partial charge in [-0.15, -0.1) is 0 Å². The fourth-order valence-electron chi connectivity index (χ4n) is 3.44. The fourth-order valence-corrected chi connectivity index (χ4v) is 3.44. The van der Waals surface area contributed by atoms with Crippen LogP contribution in [0.25, 0.3) is 0 Å². The van der Waals surface area contributed by atoms with Crippen molar-refractivity contribution in [2.45, 2.75) is 43.7 Å². The van der Waals surface area contributed by atoms with Gasteiger partial charge in [-0.25, -0.2) is 0 Å². The van der Waals surface area contributed by atoms with E-state index in [1.807, 2.05) is 60.7 Å². The summed E-state index contributed by atoms with van der Waals surface area (Å²) in [4.78, 5) is 0. The van der Waals surface area contributed by atoms with E-state index in [4.69, 9.17) is 0 Å². The van der Waals surface area contributed by atoms with E-state index in [0.717, 1.165) is 30.5 Å². The van der Waals surface area contributed by atoms with E-state index in [9.17, 15) is 5.11 Å². The number of hydrogen-bond acceptors (Lipinski definition) is 2. The van der Waals surface area contributed by atoms with E-state index in [-0.39, 0.29) is 0 Å². The molecule has 0 spiro atoms. The smallest absolute Gasteiger partial charge is 0.115 e. The van der Waals surface area contributed by atoms with Gasteiger partial charge in [-0.1, -0.05) is 67.1 Å². The minimum atomic E-state index is -0.901. The van der Waals surface area contributed by atoms with Crippen LogP contribution in [-0.2, 0) is 5.60 Å². The molecule has 2 aromatic rings. The van der Waals surface area contributed by atoms with Crippen LogP contribution in [0.5, 0.6) is 0 Å². The van der Waals surface area contributed by atoms with Crippen molar-refractivity contribution in [3.05, 3.63) is 71.8 Å².